The first kappa shape index (κ1) is 18.6. The summed E-state index contributed by atoms with van der Waals surface area (Å²) in [5.41, 5.74) is 0.792. The van der Waals surface area contributed by atoms with Crippen molar-refractivity contribution in [1.82, 2.24) is 0 Å². The molecule has 3 rings (SSSR count). The summed E-state index contributed by atoms with van der Waals surface area (Å²) >= 11 is 0. The van der Waals surface area contributed by atoms with E-state index in [1.165, 1.54) is 42.5 Å². The molecule has 0 radical (unpaired) electrons. The van der Waals surface area contributed by atoms with Crippen molar-refractivity contribution >= 4 is 27.3 Å². The number of phenols is 2. The maximum Gasteiger partial charge on any atom is 0.221 e. The summed E-state index contributed by atoms with van der Waals surface area (Å²) in [5, 5.41) is 19.4. The first-order valence-corrected chi connectivity index (χ1v) is 9.15. The lowest BCUT2D eigenvalue weighted by Crippen LogP contribution is -2.16. The van der Waals surface area contributed by atoms with Gasteiger partial charge in [0.15, 0.2) is 11.5 Å². The Morgan fingerprint density at radius 1 is 0.963 bits per heavy atom. The van der Waals surface area contributed by atoms with Gasteiger partial charge in [-0.1, -0.05) is 30.3 Å². The third-order valence-corrected chi connectivity index (χ3v) is 4.97. The van der Waals surface area contributed by atoms with E-state index < -0.39 is 38.1 Å². The highest BCUT2D eigenvalue weighted by molar-refractivity contribution is 7.85. The molecule has 0 heterocycles. The van der Waals surface area contributed by atoms with Gasteiger partial charge in [-0.25, -0.2) is 8.42 Å². The van der Waals surface area contributed by atoms with Crippen LogP contribution in [0.5, 0.6) is 11.5 Å². The lowest BCUT2D eigenvalue weighted by Gasteiger charge is -2.20. The van der Waals surface area contributed by atoms with Crippen LogP contribution >= 0.6 is 0 Å². The highest BCUT2D eigenvalue weighted by Gasteiger charge is 2.23. The Labute approximate surface area is 154 Å². The number of allylic oxidation sites excluding steroid dienone is 3. The summed E-state index contributed by atoms with van der Waals surface area (Å²) in [4.78, 5) is 22.9. The zero-order chi connectivity index (χ0) is 19.8. The fraction of sp³-hybridized carbons (Fsp3) is 0.0526. The van der Waals surface area contributed by atoms with Gasteiger partial charge in [0.25, 0.3) is 0 Å². The zero-order valence-corrected chi connectivity index (χ0v) is 14.6. The number of carbonyl (C=O) groups excluding carboxylic acids is 2. The van der Waals surface area contributed by atoms with Gasteiger partial charge in [-0.3, -0.25) is 9.59 Å². The molecule has 0 saturated heterocycles. The summed E-state index contributed by atoms with van der Waals surface area (Å²) < 4.78 is 35.1. The number of ketones is 2. The molecule has 0 amide bonds. The molecule has 1 aliphatic rings. The van der Waals surface area contributed by atoms with Gasteiger partial charge in [0.2, 0.25) is 11.6 Å². The van der Waals surface area contributed by atoms with Crippen LogP contribution < -0.4 is 0 Å². The van der Waals surface area contributed by atoms with Crippen LogP contribution in [-0.2, 0) is 19.7 Å². The van der Waals surface area contributed by atoms with E-state index in [4.69, 9.17) is 0 Å². The van der Waals surface area contributed by atoms with Crippen LogP contribution in [0, 0.1) is 0 Å². The molecule has 0 spiro atoms. The van der Waals surface area contributed by atoms with Gasteiger partial charge in [-0.2, -0.15) is 0 Å². The molecule has 27 heavy (non-hydrogen) atoms. The summed E-state index contributed by atoms with van der Waals surface area (Å²) in [7, 11) is -4.84. The SMILES string of the molecule is O=C1C=C/C(=C(/c2ccc(O)c(O)c2)c2ccccc2S(=O)(=O)[O-])CC1=O. The quantitative estimate of drug-likeness (QED) is 0.468. The van der Waals surface area contributed by atoms with Crippen LogP contribution in [0.1, 0.15) is 17.5 Å². The van der Waals surface area contributed by atoms with Gasteiger partial charge in [-0.05, 0) is 41.0 Å². The molecular weight excluding hydrogens is 372 g/mol. The molecular formula is C19H13O7S-. The molecule has 0 aliphatic heterocycles. The Morgan fingerprint density at radius 2 is 1.67 bits per heavy atom. The normalized spacial score (nSPS) is 16.5. The van der Waals surface area contributed by atoms with Gasteiger partial charge in [0, 0.05) is 12.0 Å². The number of Topliss-reactive ketones (excluding diaryl/α,β-unsaturated/α-hetero) is 1. The standard InChI is InChI=1S/C19H14O7S/c20-14-7-5-11(9-16(14)22)19(12-6-8-15(21)17(23)10-12)13-3-1-2-4-18(13)27(24,25)26/h1-9,20,22H,10H2,(H,24,25,26)/p-1/b19-12+. The Bertz CT molecular complexity index is 1120. The lowest BCUT2D eigenvalue weighted by atomic mass is 9.87. The Hall–Kier alpha value is -3.23. The van der Waals surface area contributed by atoms with Crippen LogP contribution in [0.15, 0.2) is 65.1 Å². The summed E-state index contributed by atoms with van der Waals surface area (Å²) in [5.74, 6) is -2.22. The summed E-state index contributed by atoms with van der Waals surface area (Å²) in [6, 6.07) is 9.21. The number of carbonyl (C=O) groups is 2. The molecule has 2 N–H and O–H groups in total. The third-order valence-electron chi connectivity index (χ3n) is 4.07. The van der Waals surface area contributed by atoms with Crippen molar-refractivity contribution in [2.24, 2.45) is 0 Å². The van der Waals surface area contributed by atoms with E-state index in [2.05, 4.69) is 0 Å². The van der Waals surface area contributed by atoms with Crippen LogP contribution in [0.4, 0.5) is 0 Å². The van der Waals surface area contributed by atoms with Crippen molar-refractivity contribution in [1.29, 1.82) is 0 Å². The minimum absolute atomic E-state index is 0.0272. The summed E-state index contributed by atoms with van der Waals surface area (Å²) in [6.45, 7) is 0. The van der Waals surface area contributed by atoms with Crippen molar-refractivity contribution in [2.75, 3.05) is 0 Å². The van der Waals surface area contributed by atoms with E-state index in [1.54, 1.807) is 0 Å². The van der Waals surface area contributed by atoms with Gasteiger partial charge in [0.1, 0.15) is 10.1 Å². The van der Waals surface area contributed by atoms with E-state index in [-0.39, 0.29) is 23.1 Å². The maximum atomic E-state index is 11.9. The van der Waals surface area contributed by atoms with E-state index in [0.717, 1.165) is 12.1 Å². The Kier molecular flexibility index (Phi) is 4.69. The second-order valence-electron chi connectivity index (χ2n) is 5.85. The first-order valence-electron chi connectivity index (χ1n) is 7.74. The van der Waals surface area contributed by atoms with Crippen LogP contribution in [-0.4, -0.2) is 34.8 Å². The Morgan fingerprint density at radius 3 is 2.30 bits per heavy atom. The molecule has 8 heteroatoms. The molecule has 0 saturated carbocycles. The number of benzene rings is 2. The van der Waals surface area contributed by atoms with E-state index >= 15 is 0 Å². The predicted molar refractivity (Wildman–Crippen MR) is 94.0 cm³/mol. The van der Waals surface area contributed by atoms with Crippen molar-refractivity contribution < 1.29 is 32.8 Å². The van der Waals surface area contributed by atoms with Gasteiger partial charge < -0.3 is 14.8 Å². The minimum atomic E-state index is -4.84. The van der Waals surface area contributed by atoms with Crippen molar-refractivity contribution in [2.45, 2.75) is 11.3 Å². The number of phenolic OH excluding ortho intramolecular Hbond substituents is 2. The highest BCUT2D eigenvalue weighted by Crippen LogP contribution is 2.37. The fourth-order valence-electron chi connectivity index (χ4n) is 2.84. The second kappa shape index (κ2) is 6.82. The largest absolute Gasteiger partial charge is 0.744 e. The Balaban J connectivity index is 2.37. The average molecular weight is 385 g/mol. The van der Waals surface area contributed by atoms with Crippen LogP contribution in [0.25, 0.3) is 5.57 Å². The third kappa shape index (κ3) is 3.67. The first-order chi connectivity index (χ1) is 12.7. The second-order valence-corrected chi connectivity index (χ2v) is 7.20. The van der Waals surface area contributed by atoms with Gasteiger partial charge in [0.05, 0.1) is 4.90 Å². The van der Waals surface area contributed by atoms with Gasteiger partial charge in [-0.15, -0.1) is 0 Å². The molecule has 7 nitrogen and oxygen atoms in total. The molecule has 0 atom stereocenters. The summed E-state index contributed by atoms with van der Waals surface area (Å²) in [6.07, 6.45) is 2.15. The molecule has 2 aromatic carbocycles. The molecule has 0 unspecified atom stereocenters. The number of hydrogen-bond acceptors (Lipinski definition) is 7. The van der Waals surface area contributed by atoms with Crippen molar-refractivity contribution in [3.63, 3.8) is 0 Å². The van der Waals surface area contributed by atoms with Crippen molar-refractivity contribution in [3.8, 4) is 11.5 Å². The lowest BCUT2D eigenvalue weighted by molar-refractivity contribution is -0.133. The molecule has 0 bridgehead atoms. The van der Waals surface area contributed by atoms with E-state index in [0.29, 0.717) is 5.57 Å². The molecule has 1 aliphatic carbocycles. The molecule has 2 aromatic rings. The van der Waals surface area contributed by atoms with E-state index in [9.17, 15) is 32.8 Å². The maximum absolute atomic E-state index is 11.9. The van der Waals surface area contributed by atoms with Gasteiger partial charge >= 0.3 is 0 Å². The average Bonchev–Trinajstić information content (AvgIpc) is 2.61. The molecule has 0 fully saturated rings. The molecule has 138 valence electrons. The topological polar surface area (TPSA) is 132 Å². The van der Waals surface area contributed by atoms with Crippen LogP contribution in [0.3, 0.4) is 0 Å². The number of hydrogen-bond donors (Lipinski definition) is 2. The minimum Gasteiger partial charge on any atom is -0.744 e. The van der Waals surface area contributed by atoms with Crippen LogP contribution in [0.2, 0.25) is 0 Å². The molecule has 0 aromatic heterocycles. The van der Waals surface area contributed by atoms with E-state index in [1.807, 2.05) is 0 Å². The smallest absolute Gasteiger partial charge is 0.221 e. The fourth-order valence-corrected chi connectivity index (χ4v) is 3.53. The zero-order valence-electron chi connectivity index (χ0n) is 13.7. The number of rotatable bonds is 3. The highest BCUT2D eigenvalue weighted by atomic mass is 32.2. The van der Waals surface area contributed by atoms with Crippen molar-refractivity contribution in [3.05, 3.63) is 71.3 Å². The monoisotopic (exact) mass is 385 g/mol. The predicted octanol–water partition coefficient (Wildman–Crippen LogP) is 1.90. The number of aromatic hydroxyl groups is 2.